The number of aliphatic imine (C=N–C) groups is 1. The monoisotopic (exact) mass is 470 g/mol. The second kappa shape index (κ2) is 9.28. The quantitative estimate of drug-likeness (QED) is 0.379. The van der Waals surface area contributed by atoms with E-state index in [2.05, 4.69) is 10.3 Å². The largest absolute Gasteiger partial charge is 0.490 e. The molecule has 0 amide bonds. The van der Waals surface area contributed by atoms with Crippen molar-refractivity contribution < 1.29 is 17.9 Å². The van der Waals surface area contributed by atoms with Crippen LogP contribution >= 0.6 is 24.0 Å². The van der Waals surface area contributed by atoms with Crippen molar-refractivity contribution in [1.29, 1.82) is 0 Å². The van der Waals surface area contributed by atoms with Gasteiger partial charge in [0.2, 0.25) is 10.0 Å². The van der Waals surface area contributed by atoms with Crippen molar-refractivity contribution in [2.24, 2.45) is 10.7 Å². The third kappa shape index (κ3) is 5.98. The molecule has 10 heteroatoms. The maximum absolute atomic E-state index is 11.6. The second-order valence-corrected chi connectivity index (χ2v) is 7.50. The van der Waals surface area contributed by atoms with E-state index in [4.69, 9.17) is 15.2 Å². The summed E-state index contributed by atoms with van der Waals surface area (Å²) in [5, 5.41) is 2.91. The summed E-state index contributed by atoms with van der Waals surface area (Å²) in [5.41, 5.74) is 6.48. The van der Waals surface area contributed by atoms with Crippen molar-refractivity contribution in [3.8, 4) is 11.5 Å². The fraction of sp³-hybridized carbons (Fsp3) is 0.500. The molecule has 136 valence electrons. The lowest BCUT2D eigenvalue weighted by Crippen LogP contribution is -2.28. The number of hydrogen-bond acceptors (Lipinski definition) is 5. The molecule has 1 aliphatic rings. The van der Waals surface area contributed by atoms with Gasteiger partial charge in [-0.3, -0.25) is 4.99 Å². The van der Waals surface area contributed by atoms with E-state index in [9.17, 15) is 8.42 Å². The Kier molecular flexibility index (Phi) is 8.03. The van der Waals surface area contributed by atoms with Gasteiger partial charge in [-0.1, -0.05) is 0 Å². The molecule has 1 aliphatic heterocycles. The summed E-state index contributed by atoms with van der Waals surface area (Å²) in [6.45, 7) is 1.32. The van der Waals surface area contributed by atoms with Gasteiger partial charge in [-0.05, 0) is 12.1 Å². The molecule has 24 heavy (non-hydrogen) atoms. The van der Waals surface area contributed by atoms with Gasteiger partial charge in [0.25, 0.3) is 0 Å². The Labute approximate surface area is 159 Å². The van der Waals surface area contributed by atoms with Crippen LogP contribution in [-0.4, -0.2) is 58.3 Å². The molecule has 0 atom stereocenters. The molecule has 0 saturated heterocycles. The highest BCUT2D eigenvalue weighted by molar-refractivity contribution is 14.0. The molecule has 0 saturated carbocycles. The number of fused-ring (bicyclic) bond motifs is 1. The molecule has 0 unspecified atom stereocenters. The van der Waals surface area contributed by atoms with Crippen molar-refractivity contribution in [3.63, 3.8) is 0 Å². The summed E-state index contributed by atoms with van der Waals surface area (Å²) < 4.78 is 35.6. The predicted octanol–water partition coefficient (Wildman–Crippen LogP) is 1.08. The molecule has 0 fully saturated rings. The zero-order chi connectivity index (χ0) is 16.9. The minimum atomic E-state index is -3.28. The molecule has 1 aromatic carbocycles. The Hall–Kier alpha value is -1.27. The van der Waals surface area contributed by atoms with Crippen LogP contribution in [0.25, 0.3) is 0 Å². The number of nitrogens with one attached hydrogen (secondary N) is 1. The number of rotatable bonds is 5. The van der Waals surface area contributed by atoms with E-state index >= 15 is 0 Å². The summed E-state index contributed by atoms with van der Waals surface area (Å²) in [6, 6.07) is 5.37. The predicted molar refractivity (Wildman–Crippen MR) is 105 cm³/mol. The minimum absolute atomic E-state index is 0. The summed E-state index contributed by atoms with van der Waals surface area (Å²) >= 11 is 0. The molecule has 0 radical (unpaired) electrons. The van der Waals surface area contributed by atoms with E-state index in [0.717, 1.165) is 10.7 Å². The van der Waals surface area contributed by atoms with E-state index < -0.39 is 10.0 Å². The van der Waals surface area contributed by atoms with Gasteiger partial charge in [-0.2, -0.15) is 0 Å². The van der Waals surface area contributed by atoms with Crippen LogP contribution in [0.2, 0.25) is 0 Å². The first-order valence-corrected chi connectivity index (χ1v) is 8.86. The molecule has 0 spiro atoms. The molecule has 0 bridgehead atoms. The molecule has 2 rings (SSSR count). The maximum atomic E-state index is 11.6. The Bertz CT molecular complexity index is 679. The van der Waals surface area contributed by atoms with Gasteiger partial charge in [0, 0.05) is 32.3 Å². The third-order valence-corrected chi connectivity index (χ3v) is 5.02. The topological polar surface area (TPSA) is 106 Å². The summed E-state index contributed by atoms with van der Waals surface area (Å²) in [4.78, 5) is 4.02. The zero-order valence-electron chi connectivity index (χ0n) is 13.7. The molecule has 8 nitrogen and oxygen atoms in total. The van der Waals surface area contributed by atoms with Crippen molar-refractivity contribution >= 4 is 45.6 Å². The average molecular weight is 470 g/mol. The number of anilines is 1. The smallest absolute Gasteiger partial charge is 0.215 e. The minimum Gasteiger partial charge on any atom is -0.490 e. The lowest BCUT2D eigenvalue weighted by molar-refractivity contribution is 0.297. The number of hydrogen-bond donors (Lipinski definition) is 2. The van der Waals surface area contributed by atoms with Gasteiger partial charge in [0.1, 0.15) is 0 Å². The van der Waals surface area contributed by atoms with Gasteiger partial charge in [0.05, 0.1) is 25.5 Å². The standard InChI is InChI=1S/C14H22N4O4S.HI/c1-18(2)23(19,20)9-6-16-14(15)17-11-4-5-12-13(10-11)22-8-3-7-21-12;/h4-5,10H,3,6-9H2,1-2H3,(H3,15,16,17);1H. The number of nitrogens with zero attached hydrogens (tertiary/aromatic N) is 2. The SMILES string of the molecule is CN(C)S(=O)(=O)CCN=C(N)Nc1ccc2c(c1)OCCCO2.I. The van der Waals surface area contributed by atoms with E-state index in [-0.39, 0.29) is 42.2 Å². The highest BCUT2D eigenvalue weighted by atomic mass is 127. The number of sulfonamides is 1. The fourth-order valence-corrected chi connectivity index (χ4v) is 2.58. The highest BCUT2D eigenvalue weighted by Crippen LogP contribution is 2.32. The van der Waals surface area contributed by atoms with Crippen molar-refractivity contribution in [2.75, 3.05) is 44.9 Å². The highest BCUT2D eigenvalue weighted by Gasteiger charge is 2.13. The van der Waals surface area contributed by atoms with Gasteiger partial charge < -0.3 is 20.5 Å². The number of guanidine groups is 1. The van der Waals surface area contributed by atoms with Crippen LogP contribution in [-0.2, 0) is 10.0 Å². The van der Waals surface area contributed by atoms with Crippen LogP contribution in [0.1, 0.15) is 6.42 Å². The normalized spacial score (nSPS) is 14.7. The van der Waals surface area contributed by atoms with Crippen molar-refractivity contribution in [3.05, 3.63) is 18.2 Å². The lowest BCUT2D eigenvalue weighted by atomic mass is 10.3. The van der Waals surface area contributed by atoms with Crippen LogP contribution in [0.5, 0.6) is 11.5 Å². The fourth-order valence-electron chi connectivity index (χ4n) is 1.89. The first-order chi connectivity index (χ1) is 10.9. The van der Waals surface area contributed by atoms with Crippen LogP contribution in [0.3, 0.4) is 0 Å². The van der Waals surface area contributed by atoms with Crippen molar-refractivity contribution in [2.45, 2.75) is 6.42 Å². The summed E-state index contributed by atoms with van der Waals surface area (Å²) in [5.74, 6) is 1.40. The molecule has 3 N–H and O–H groups in total. The molecule has 0 aliphatic carbocycles. The molecular weight excluding hydrogens is 447 g/mol. The third-order valence-electron chi connectivity index (χ3n) is 3.21. The van der Waals surface area contributed by atoms with E-state index in [0.29, 0.717) is 30.4 Å². The van der Waals surface area contributed by atoms with Gasteiger partial charge >= 0.3 is 0 Å². The van der Waals surface area contributed by atoms with E-state index in [1.807, 2.05) is 0 Å². The molecular formula is C14H23IN4O4S. The van der Waals surface area contributed by atoms with E-state index in [1.54, 1.807) is 18.2 Å². The molecule has 0 aromatic heterocycles. The number of nitrogens with two attached hydrogens (primary N) is 1. The van der Waals surface area contributed by atoms with Crippen LogP contribution in [0.4, 0.5) is 5.69 Å². The maximum Gasteiger partial charge on any atom is 0.215 e. The average Bonchev–Trinajstić information content (AvgIpc) is 2.71. The van der Waals surface area contributed by atoms with Crippen LogP contribution in [0, 0.1) is 0 Å². The Morgan fingerprint density at radius 1 is 1.29 bits per heavy atom. The summed E-state index contributed by atoms with van der Waals surface area (Å²) in [7, 11) is -0.307. The first kappa shape index (κ1) is 20.8. The summed E-state index contributed by atoms with van der Waals surface area (Å²) in [6.07, 6.45) is 0.835. The number of benzene rings is 1. The lowest BCUT2D eigenvalue weighted by Gasteiger charge is -2.11. The number of halogens is 1. The van der Waals surface area contributed by atoms with Gasteiger partial charge in [-0.25, -0.2) is 12.7 Å². The first-order valence-electron chi connectivity index (χ1n) is 7.25. The molecule has 1 heterocycles. The van der Waals surface area contributed by atoms with Gasteiger partial charge in [0.15, 0.2) is 17.5 Å². The zero-order valence-corrected chi connectivity index (χ0v) is 16.8. The molecule has 1 aromatic rings. The Morgan fingerprint density at radius 2 is 1.96 bits per heavy atom. The second-order valence-electron chi connectivity index (χ2n) is 5.20. The van der Waals surface area contributed by atoms with Crippen LogP contribution in [0.15, 0.2) is 23.2 Å². The van der Waals surface area contributed by atoms with Gasteiger partial charge in [-0.15, -0.1) is 24.0 Å². The number of ether oxygens (including phenoxy) is 2. The van der Waals surface area contributed by atoms with Crippen LogP contribution < -0.4 is 20.5 Å². The van der Waals surface area contributed by atoms with E-state index in [1.165, 1.54) is 14.1 Å². The Morgan fingerprint density at radius 3 is 2.62 bits per heavy atom. The van der Waals surface area contributed by atoms with Crippen molar-refractivity contribution in [1.82, 2.24) is 4.31 Å². The Balaban J connectivity index is 0.00000288.